The summed E-state index contributed by atoms with van der Waals surface area (Å²) in [5.74, 6) is 0.555. The molecule has 0 bridgehead atoms. The minimum absolute atomic E-state index is 0.111. The molecule has 0 amide bonds. The third-order valence-electron chi connectivity index (χ3n) is 7.07. The van der Waals surface area contributed by atoms with E-state index in [1.807, 2.05) is 44.2 Å². The molecule has 0 saturated carbocycles. The highest BCUT2D eigenvalue weighted by Crippen LogP contribution is 2.48. The standard InChI is InChI=1S/C28H38N5O6PS/c1-5-20(6-2)15-37-27(35)18(3)32-40(36,39-24-13-9-11-21-10-7-8-12-22(21)24)38-16-25-23(34)14-26(41-25)33-17-30-28(29)31-19(33)4/h7-13,17-18,20,23,25-26,34H,4-6,14-16H2,1-3H3,(H2,29,31)(H,32,36)/t18-,23+,25+,26+,40?/m0/s1. The van der Waals surface area contributed by atoms with Crippen LogP contribution in [0.4, 0.5) is 0 Å². The highest BCUT2D eigenvalue weighted by molar-refractivity contribution is 8.00. The number of guanidine groups is 1. The van der Waals surface area contributed by atoms with Gasteiger partial charge in [-0.2, -0.15) is 10.1 Å². The summed E-state index contributed by atoms with van der Waals surface area (Å²) in [6.45, 7) is 9.71. The summed E-state index contributed by atoms with van der Waals surface area (Å²) in [6, 6.07) is 11.9. The summed E-state index contributed by atoms with van der Waals surface area (Å²) in [5.41, 5.74) is 5.65. The van der Waals surface area contributed by atoms with Crippen molar-refractivity contribution >= 4 is 48.5 Å². The Balaban J connectivity index is 1.49. The molecule has 222 valence electrons. The number of carbonyl (C=O) groups is 1. The normalized spacial score (nSPS) is 23.0. The molecule has 1 unspecified atom stereocenters. The number of carbonyl (C=O) groups excluding carboxylic acids is 1. The molecule has 2 aliphatic heterocycles. The molecule has 2 aromatic carbocycles. The predicted octanol–water partition coefficient (Wildman–Crippen LogP) is 4.62. The number of nitrogens with two attached hydrogens (primary N) is 1. The van der Waals surface area contributed by atoms with Crippen LogP contribution in [-0.2, 0) is 18.6 Å². The Morgan fingerprint density at radius 2 is 2.00 bits per heavy atom. The molecule has 0 aliphatic carbocycles. The summed E-state index contributed by atoms with van der Waals surface area (Å²) in [6.07, 6.45) is 2.90. The lowest BCUT2D eigenvalue weighted by Gasteiger charge is -2.27. The first kappa shape index (κ1) is 31.1. The van der Waals surface area contributed by atoms with E-state index in [-0.39, 0.29) is 30.5 Å². The van der Waals surface area contributed by atoms with Crippen molar-refractivity contribution in [3.63, 3.8) is 0 Å². The third-order valence-corrected chi connectivity index (χ3v) is 10.2. The number of aliphatic imine (C=N–C) groups is 2. The average molecular weight is 604 g/mol. The van der Waals surface area contributed by atoms with Crippen LogP contribution >= 0.6 is 19.5 Å². The predicted molar refractivity (Wildman–Crippen MR) is 163 cm³/mol. The molecule has 4 rings (SSSR count). The fourth-order valence-electron chi connectivity index (χ4n) is 4.49. The van der Waals surface area contributed by atoms with E-state index in [9.17, 15) is 14.5 Å². The SMILES string of the molecule is C=C1N=C(N)N=CN1[C@H]1C[C@@H](O)[C@@H](COP(=O)(N[C@@H](C)C(=O)OCC(CC)CC)Oc2cccc3ccccc23)S1. The Morgan fingerprint density at radius 1 is 1.27 bits per heavy atom. The molecule has 5 atom stereocenters. The van der Waals surface area contributed by atoms with Crippen LogP contribution in [0.25, 0.3) is 10.8 Å². The van der Waals surface area contributed by atoms with Crippen molar-refractivity contribution in [2.24, 2.45) is 21.6 Å². The number of thioether (sulfide) groups is 1. The Hall–Kier alpha value is -2.89. The maximum absolute atomic E-state index is 14.2. The number of aliphatic hydroxyl groups excluding tert-OH is 1. The first-order valence-electron chi connectivity index (χ1n) is 13.7. The fraction of sp³-hybridized carbons (Fsp3) is 0.464. The molecule has 1 fully saturated rings. The van der Waals surface area contributed by atoms with Crippen molar-refractivity contribution in [3.05, 3.63) is 54.9 Å². The van der Waals surface area contributed by atoms with Crippen LogP contribution in [0.15, 0.2) is 64.8 Å². The van der Waals surface area contributed by atoms with Gasteiger partial charge in [-0.1, -0.05) is 69.7 Å². The van der Waals surface area contributed by atoms with Gasteiger partial charge in [0.15, 0.2) is 0 Å². The van der Waals surface area contributed by atoms with Crippen molar-refractivity contribution in [2.45, 2.75) is 62.8 Å². The quantitative estimate of drug-likeness (QED) is 0.219. The molecule has 4 N–H and O–H groups in total. The molecule has 1 saturated heterocycles. The van der Waals surface area contributed by atoms with E-state index in [1.165, 1.54) is 18.1 Å². The van der Waals surface area contributed by atoms with Crippen LogP contribution in [0, 0.1) is 5.92 Å². The van der Waals surface area contributed by atoms with Crippen molar-refractivity contribution in [3.8, 4) is 5.75 Å². The van der Waals surface area contributed by atoms with Gasteiger partial charge in [0.05, 0.1) is 29.9 Å². The molecule has 2 heterocycles. The highest BCUT2D eigenvalue weighted by Gasteiger charge is 2.41. The number of esters is 1. The van der Waals surface area contributed by atoms with E-state index in [1.54, 1.807) is 24.0 Å². The largest absolute Gasteiger partial charge is 0.464 e. The van der Waals surface area contributed by atoms with Gasteiger partial charge in [-0.3, -0.25) is 9.32 Å². The molecule has 13 heteroatoms. The zero-order valence-electron chi connectivity index (χ0n) is 23.5. The van der Waals surface area contributed by atoms with E-state index < -0.39 is 31.1 Å². The van der Waals surface area contributed by atoms with Crippen molar-refractivity contribution in [2.75, 3.05) is 13.2 Å². The monoisotopic (exact) mass is 603 g/mol. The van der Waals surface area contributed by atoms with Crippen molar-refractivity contribution < 1.29 is 28.3 Å². The summed E-state index contributed by atoms with van der Waals surface area (Å²) in [7, 11) is -4.14. The number of rotatable bonds is 13. The van der Waals surface area contributed by atoms with Gasteiger partial charge in [0, 0.05) is 11.8 Å². The van der Waals surface area contributed by atoms with E-state index >= 15 is 0 Å². The number of benzene rings is 2. The maximum atomic E-state index is 14.2. The van der Waals surface area contributed by atoms with Crippen LogP contribution in [0.2, 0.25) is 0 Å². The van der Waals surface area contributed by atoms with Crippen LogP contribution in [-0.4, -0.2) is 64.3 Å². The number of hydrogen-bond acceptors (Lipinski definition) is 11. The minimum Gasteiger partial charge on any atom is -0.464 e. The van der Waals surface area contributed by atoms with Gasteiger partial charge in [-0.15, -0.1) is 11.8 Å². The number of nitrogens with one attached hydrogen (secondary N) is 1. The number of ether oxygens (including phenoxy) is 1. The Labute approximate surface area is 244 Å². The van der Waals surface area contributed by atoms with Gasteiger partial charge in [-0.25, -0.2) is 9.56 Å². The summed E-state index contributed by atoms with van der Waals surface area (Å²) < 4.78 is 31.6. The Morgan fingerprint density at radius 3 is 2.73 bits per heavy atom. The first-order valence-corrected chi connectivity index (χ1v) is 16.2. The van der Waals surface area contributed by atoms with E-state index in [2.05, 4.69) is 21.7 Å². The molecule has 0 radical (unpaired) electrons. The van der Waals surface area contributed by atoms with E-state index in [4.69, 9.17) is 19.5 Å². The molecular formula is C28H38N5O6PS. The molecule has 0 aromatic heterocycles. The summed E-state index contributed by atoms with van der Waals surface area (Å²) in [4.78, 5) is 22.6. The second-order valence-electron chi connectivity index (χ2n) is 10.00. The molecule has 41 heavy (non-hydrogen) atoms. The zero-order chi connectivity index (χ0) is 29.6. The Bertz CT molecular complexity index is 1350. The molecule has 0 spiro atoms. The topological polar surface area (TPSA) is 148 Å². The molecular weight excluding hydrogens is 565 g/mol. The fourth-order valence-corrected chi connectivity index (χ4v) is 7.58. The number of hydrogen-bond donors (Lipinski definition) is 3. The highest BCUT2D eigenvalue weighted by atomic mass is 32.2. The van der Waals surface area contributed by atoms with Crippen LogP contribution in [0.1, 0.15) is 40.0 Å². The second kappa shape index (κ2) is 13.8. The molecule has 2 aliphatic rings. The van der Waals surface area contributed by atoms with Crippen LogP contribution < -0.4 is 15.3 Å². The van der Waals surface area contributed by atoms with Gasteiger partial charge in [0.2, 0.25) is 5.96 Å². The van der Waals surface area contributed by atoms with Crippen LogP contribution in [0.5, 0.6) is 5.75 Å². The molecule has 11 nitrogen and oxygen atoms in total. The number of aliphatic hydroxyl groups is 1. The Kier molecular flexibility index (Phi) is 10.5. The van der Waals surface area contributed by atoms with Gasteiger partial charge in [0.25, 0.3) is 0 Å². The summed E-state index contributed by atoms with van der Waals surface area (Å²) >= 11 is 1.41. The number of fused-ring (bicyclic) bond motifs is 1. The minimum atomic E-state index is -4.14. The molecule has 2 aromatic rings. The first-order chi connectivity index (χ1) is 19.6. The summed E-state index contributed by atoms with van der Waals surface area (Å²) in [5, 5.41) is 14.5. The zero-order valence-corrected chi connectivity index (χ0v) is 25.2. The third kappa shape index (κ3) is 7.90. The second-order valence-corrected chi connectivity index (χ2v) is 13.1. The lowest BCUT2D eigenvalue weighted by molar-refractivity contribution is -0.146. The van der Waals surface area contributed by atoms with Crippen LogP contribution in [0.3, 0.4) is 0 Å². The maximum Gasteiger partial charge on any atom is 0.459 e. The lowest BCUT2D eigenvalue weighted by Crippen LogP contribution is -2.36. The van der Waals surface area contributed by atoms with Gasteiger partial charge in [0.1, 0.15) is 24.0 Å². The van der Waals surface area contributed by atoms with Gasteiger partial charge < -0.3 is 25.0 Å². The van der Waals surface area contributed by atoms with Crippen molar-refractivity contribution in [1.29, 1.82) is 0 Å². The number of nitrogens with zero attached hydrogens (tertiary/aromatic N) is 3. The van der Waals surface area contributed by atoms with Gasteiger partial charge >= 0.3 is 13.7 Å². The van der Waals surface area contributed by atoms with Crippen molar-refractivity contribution in [1.82, 2.24) is 9.99 Å². The van der Waals surface area contributed by atoms with E-state index in [0.717, 1.165) is 23.6 Å². The average Bonchev–Trinajstić information content (AvgIpc) is 3.32. The lowest BCUT2D eigenvalue weighted by atomic mass is 10.1. The van der Waals surface area contributed by atoms with Gasteiger partial charge in [-0.05, 0) is 24.3 Å². The smallest absolute Gasteiger partial charge is 0.459 e. The van der Waals surface area contributed by atoms with E-state index in [0.29, 0.717) is 18.0 Å².